The van der Waals surface area contributed by atoms with E-state index in [0.29, 0.717) is 6.42 Å². The second-order valence-electron chi connectivity index (χ2n) is 5.11. The molecule has 1 amide bonds. The second-order valence-corrected chi connectivity index (χ2v) is 5.11. The zero-order chi connectivity index (χ0) is 14.0. The van der Waals surface area contributed by atoms with Crippen molar-refractivity contribution >= 4 is 11.9 Å². The first-order valence-corrected chi connectivity index (χ1v) is 7.02. The topological polar surface area (TPSA) is 66.4 Å². The minimum Gasteiger partial charge on any atom is -0.480 e. The van der Waals surface area contributed by atoms with Gasteiger partial charge >= 0.3 is 5.97 Å². The fourth-order valence-electron chi connectivity index (χ4n) is 1.72. The van der Waals surface area contributed by atoms with Crippen LogP contribution in [0.25, 0.3) is 0 Å². The fourth-order valence-corrected chi connectivity index (χ4v) is 1.72. The smallest absolute Gasteiger partial charge is 0.326 e. The minimum atomic E-state index is -0.933. The van der Waals surface area contributed by atoms with E-state index in [9.17, 15) is 9.59 Å². The Morgan fingerprint density at radius 3 is 2.11 bits per heavy atom. The largest absolute Gasteiger partial charge is 0.480 e. The zero-order valence-corrected chi connectivity index (χ0v) is 11.9. The van der Waals surface area contributed by atoms with E-state index in [1.54, 1.807) is 13.8 Å². The Hall–Kier alpha value is -1.06. The van der Waals surface area contributed by atoms with Crippen LogP contribution in [-0.4, -0.2) is 23.0 Å². The highest BCUT2D eigenvalue weighted by Crippen LogP contribution is 2.09. The van der Waals surface area contributed by atoms with Crippen molar-refractivity contribution in [3.8, 4) is 0 Å². The molecule has 0 aliphatic heterocycles. The Balaban J connectivity index is 3.84. The van der Waals surface area contributed by atoms with Crippen molar-refractivity contribution in [1.29, 1.82) is 0 Å². The summed E-state index contributed by atoms with van der Waals surface area (Å²) in [5.74, 6) is -1.29. The van der Waals surface area contributed by atoms with Crippen LogP contribution in [0, 0.1) is 5.92 Å². The van der Waals surface area contributed by atoms with Crippen molar-refractivity contribution in [2.75, 3.05) is 0 Å². The van der Waals surface area contributed by atoms with Crippen LogP contribution in [0.15, 0.2) is 0 Å². The summed E-state index contributed by atoms with van der Waals surface area (Å²) in [4.78, 5) is 22.5. The number of carbonyl (C=O) groups excluding carboxylic acids is 1. The van der Waals surface area contributed by atoms with Gasteiger partial charge in [-0.1, -0.05) is 59.3 Å². The van der Waals surface area contributed by atoms with Crippen molar-refractivity contribution in [3.05, 3.63) is 0 Å². The molecule has 1 atom stereocenters. The quantitative estimate of drug-likeness (QED) is 0.591. The van der Waals surface area contributed by atoms with Gasteiger partial charge in [-0.2, -0.15) is 0 Å². The van der Waals surface area contributed by atoms with Crippen LogP contribution in [0.2, 0.25) is 0 Å². The third-order valence-corrected chi connectivity index (χ3v) is 2.99. The number of carboxylic acid groups (broad SMARTS) is 1. The Morgan fingerprint density at radius 1 is 1.06 bits per heavy atom. The molecule has 0 aromatic rings. The van der Waals surface area contributed by atoms with Gasteiger partial charge in [0.15, 0.2) is 0 Å². The maximum absolute atomic E-state index is 11.5. The molecule has 0 aromatic carbocycles. The van der Waals surface area contributed by atoms with E-state index in [1.165, 1.54) is 19.3 Å². The number of carbonyl (C=O) groups is 2. The molecule has 2 N–H and O–H groups in total. The van der Waals surface area contributed by atoms with E-state index in [-0.39, 0.29) is 11.8 Å². The summed E-state index contributed by atoms with van der Waals surface area (Å²) in [7, 11) is 0. The lowest BCUT2D eigenvalue weighted by Gasteiger charge is -2.15. The molecule has 0 radical (unpaired) electrons. The molecule has 0 rings (SSSR count). The minimum absolute atomic E-state index is 0.170. The maximum Gasteiger partial charge on any atom is 0.326 e. The molecule has 18 heavy (non-hydrogen) atoms. The average Bonchev–Trinajstić information content (AvgIpc) is 2.31. The Bertz CT molecular complexity index is 251. The molecule has 0 spiro atoms. The van der Waals surface area contributed by atoms with Crippen molar-refractivity contribution in [2.45, 2.75) is 71.8 Å². The molecule has 0 unspecified atom stereocenters. The predicted molar refractivity (Wildman–Crippen MR) is 72.4 cm³/mol. The normalized spacial score (nSPS) is 12.4. The van der Waals surface area contributed by atoms with E-state index in [4.69, 9.17) is 5.11 Å². The number of aliphatic carboxylic acids is 1. The molecule has 4 heteroatoms. The van der Waals surface area contributed by atoms with Gasteiger partial charge in [0.25, 0.3) is 0 Å². The summed E-state index contributed by atoms with van der Waals surface area (Å²) in [6.07, 6.45) is 7.25. The lowest BCUT2D eigenvalue weighted by atomic mass is 10.0. The van der Waals surface area contributed by atoms with Gasteiger partial charge in [-0.15, -0.1) is 0 Å². The number of rotatable bonds is 10. The summed E-state index contributed by atoms with van der Waals surface area (Å²) in [5.41, 5.74) is 0. The fraction of sp³-hybridized carbons (Fsp3) is 0.857. The van der Waals surface area contributed by atoms with Gasteiger partial charge in [-0.3, -0.25) is 4.79 Å². The molecular formula is C14H27NO3. The molecular weight excluding hydrogens is 230 g/mol. The number of nitrogens with one attached hydrogen (secondary N) is 1. The molecule has 0 aliphatic rings. The van der Waals surface area contributed by atoms with E-state index < -0.39 is 12.0 Å². The number of amides is 1. The molecule has 0 saturated heterocycles. The highest BCUT2D eigenvalue weighted by atomic mass is 16.4. The lowest BCUT2D eigenvalue weighted by Crippen LogP contribution is -2.42. The molecule has 0 aliphatic carbocycles. The second kappa shape index (κ2) is 9.92. The maximum atomic E-state index is 11.5. The van der Waals surface area contributed by atoms with Crippen LogP contribution in [0.1, 0.15) is 65.7 Å². The standard InChI is InChI=1S/C14H27NO3/c1-4-5-6-7-8-9-10-12(14(17)18)15-13(16)11(2)3/h11-12H,4-10H2,1-3H3,(H,15,16)(H,17,18)/t12-/m0/s1. The monoisotopic (exact) mass is 257 g/mol. The first-order chi connectivity index (χ1) is 8.49. The van der Waals surface area contributed by atoms with Gasteiger partial charge < -0.3 is 10.4 Å². The third-order valence-electron chi connectivity index (χ3n) is 2.99. The molecule has 0 fully saturated rings. The van der Waals surface area contributed by atoms with Crippen LogP contribution in [0.5, 0.6) is 0 Å². The zero-order valence-electron chi connectivity index (χ0n) is 11.9. The first kappa shape index (κ1) is 16.9. The number of hydrogen-bond acceptors (Lipinski definition) is 2. The SMILES string of the molecule is CCCCCCCC[C@H](NC(=O)C(C)C)C(=O)O. The number of hydrogen-bond donors (Lipinski definition) is 2. The van der Waals surface area contributed by atoms with Crippen molar-refractivity contribution < 1.29 is 14.7 Å². The van der Waals surface area contributed by atoms with Gasteiger partial charge in [0.2, 0.25) is 5.91 Å². The third kappa shape index (κ3) is 8.09. The highest BCUT2D eigenvalue weighted by Gasteiger charge is 2.20. The molecule has 0 heterocycles. The van der Waals surface area contributed by atoms with E-state index in [1.807, 2.05) is 0 Å². The van der Waals surface area contributed by atoms with Crippen LogP contribution in [-0.2, 0) is 9.59 Å². The predicted octanol–water partition coefficient (Wildman–Crippen LogP) is 2.96. The Kier molecular flexibility index (Phi) is 9.33. The lowest BCUT2D eigenvalue weighted by molar-refractivity contribution is -0.142. The van der Waals surface area contributed by atoms with Crippen LogP contribution >= 0.6 is 0 Å². The summed E-state index contributed by atoms with van der Waals surface area (Å²) < 4.78 is 0. The molecule has 0 aromatic heterocycles. The van der Waals surface area contributed by atoms with Crippen molar-refractivity contribution in [2.24, 2.45) is 5.92 Å². The van der Waals surface area contributed by atoms with Gasteiger partial charge in [-0.05, 0) is 6.42 Å². The molecule has 4 nitrogen and oxygen atoms in total. The van der Waals surface area contributed by atoms with Gasteiger partial charge in [0.1, 0.15) is 6.04 Å². The van der Waals surface area contributed by atoms with Gasteiger partial charge in [0, 0.05) is 5.92 Å². The first-order valence-electron chi connectivity index (χ1n) is 7.02. The molecule has 0 bridgehead atoms. The molecule has 106 valence electrons. The number of carboxylic acids is 1. The van der Waals surface area contributed by atoms with Crippen LogP contribution in [0.4, 0.5) is 0 Å². The highest BCUT2D eigenvalue weighted by molar-refractivity contribution is 5.84. The summed E-state index contributed by atoms with van der Waals surface area (Å²) >= 11 is 0. The van der Waals surface area contributed by atoms with Gasteiger partial charge in [0.05, 0.1) is 0 Å². The Labute approximate surface area is 110 Å². The van der Waals surface area contributed by atoms with Crippen molar-refractivity contribution in [1.82, 2.24) is 5.32 Å². The van der Waals surface area contributed by atoms with Crippen molar-refractivity contribution in [3.63, 3.8) is 0 Å². The van der Waals surface area contributed by atoms with Crippen LogP contribution in [0.3, 0.4) is 0 Å². The number of unbranched alkanes of at least 4 members (excludes halogenated alkanes) is 5. The van der Waals surface area contributed by atoms with Crippen LogP contribution < -0.4 is 5.32 Å². The van der Waals surface area contributed by atoms with E-state index in [2.05, 4.69) is 12.2 Å². The molecule has 0 saturated carbocycles. The average molecular weight is 257 g/mol. The van der Waals surface area contributed by atoms with Gasteiger partial charge in [-0.25, -0.2) is 4.79 Å². The van der Waals surface area contributed by atoms with E-state index in [0.717, 1.165) is 19.3 Å². The summed E-state index contributed by atoms with van der Waals surface area (Å²) in [6, 6.07) is -0.730. The summed E-state index contributed by atoms with van der Waals surface area (Å²) in [5, 5.41) is 11.6. The summed E-state index contributed by atoms with van der Waals surface area (Å²) in [6.45, 7) is 5.69. The Morgan fingerprint density at radius 2 is 1.61 bits per heavy atom. The van der Waals surface area contributed by atoms with E-state index >= 15 is 0 Å².